The van der Waals surface area contributed by atoms with Gasteiger partial charge in [0.2, 0.25) is 0 Å². The Labute approximate surface area is 88.8 Å². The molecule has 0 aromatic heterocycles. The number of aliphatic hydroxyl groups is 1. The Balaban J connectivity index is 2.84. The van der Waals surface area contributed by atoms with Gasteiger partial charge in [-0.1, -0.05) is 30.3 Å². The normalized spacial score (nSPS) is 11.9. The van der Waals surface area contributed by atoms with Crippen molar-refractivity contribution >= 4 is 10.8 Å². The third-order valence-electron chi connectivity index (χ3n) is 2.56. The lowest BCUT2D eigenvalue weighted by Crippen LogP contribution is -2.15. The van der Waals surface area contributed by atoms with Crippen LogP contribution in [0.2, 0.25) is 0 Å². The molecule has 2 N–H and O–H groups in total. The molecule has 0 aliphatic heterocycles. The molecule has 2 nitrogen and oxygen atoms in total. The van der Waals surface area contributed by atoms with E-state index in [4.69, 9.17) is 0 Å². The highest BCUT2D eigenvalue weighted by Gasteiger charge is 2.19. The van der Waals surface area contributed by atoms with E-state index >= 15 is 0 Å². The van der Waals surface area contributed by atoms with Crippen molar-refractivity contribution < 1.29 is 10.2 Å². The number of phenolic OH excluding ortho intramolecular Hbond substituents is 1. The number of aromatic hydroxyl groups is 1. The van der Waals surface area contributed by atoms with Crippen molar-refractivity contribution in [1.82, 2.24) is 0 Å². The third kappa shape index (κ3) is 1.68. The summed E-state index contributed by atoms with van der Waals surface area (Å²) < 4.78 is 0. The molecule has 15 heavy (non-hydrogen) atoms. The molecule has 0 saturated carbocycles. The smallest absolute Gasteiger partial charge is 0.123 e. The Morgan fingerprint density at radius 3 is 2.13 bits per heavy atom. The molecule has 2 rings (SSSR count). The van der Waals surface area contributed by atoms with Crippen LogP contribution in [0.1, 0.15) is 19.4 Å². The first-order valence-corrected chi connectivity index (χ1v) is 4.94. The number of fused-ring (bicyclic) bond motifs is 1. The first kappa shape index (κ1) is 9.99. The minimum Gasteiger partial charge on any atom is -0.507 e. The summed E-state index contributed by atoms with van der Waals surface area (Å²) in [7, 11) is 0. The van der Waals surface area contributed by atoms with Gasteiger partial charge in [0.25, 0.3) is 0 Å². The molecule has 2 aromatic rings. The van der Waals surface area contributed by atoms with E-state index in [1.54, 1.807) is 26.0 Å². The lowest BCUT2D eigenvalue weighted by molar-refractivity contribution is 0.0802. The van der Waals surface area contributed by atoms with Gasteiger partial charge in [-0.25, -0.2) is 0 Å². The molecule has 0 aliphatic carbocycles. The maximum absolute atomic E-state index is 10.00. The largest absolute Gasteiger partial charge is 0.507 e. The Morgan fingerprint density at radius 2 is 1.53 bits per heavy atom. The number of benzene rings is 2. The molecule has 2 heteroatoms. The van der Waals surface area contributed by atoms with Crippen molar-refractivity contribution in [3.8, 4) is 5.75 Å². The van der Waals surface area contributed by atoms with E-state index < -0.39 is 5.60 Å². The molecule has 0 saturated heterocycles. The molecule has 0 aliphatic rings. The molecule has 0 spiro atoms. The van der Waals surface area contributed by atoms with Crippen LogP contribution >= 0.6 is 0 Å². The fourth-order valence-electron chi connectivity index (χ4n) is 1.82. The van der Waals surface area contributed by atoms with Crippen molar-refractivity contribution in [2.75, 3.05) is 0 Å². The van der Waals surface area contributed by atoms with Crippen LogP contribution < -0.4 is 0 Å². The van der Waals surface area contributed by atoms with E-state index in [1.807, 2.05) is 24.3 Å². The first-order valence-electron chi connectivity index (χ1n) is 4.94. The second-order valence-corrected chi connectivity index (χ2v) is 4.24. The van der Waals surface area contributed by atoms with E-state index in [9.17, 15) is 10.2 Å². The molecule has 0 fully saturated rings. The van der Waals surface area contributed by atoms with Crippen LogP contribution in [0.25, 0.3) is 10.8 Å². The molecular weight excluding hydrogens is 188 g/mol. The van der Waals surface area contributed by atoms with Gasteiger partial charge in [-0.2, -0.15) is 0 Å². The van der Waals surface area contributed by atoms with Crippen molar-refractivity contribution in [2.24, 2.45) is 0 Å². The fraction of sp³-hybridized carbons (Fsp3) is 0.231. The molecule has 0 radical (unpaired) electrons. The van der Waals surface area contributed by atoms with E-state index in [2.05, 4.69) is 0 Å². The molecule has 0 bridgehead atoms. The number of hydrogen-bond donors (Lipinski definition) is 2. The van der Waals surface area contributed by atoms with Crippen molar-refractivity contribution in [3.63, 3.8) is 0 Å². The van der Waals surface area contributed by atoms with Crippen LogP contribution in [0.3, 0.4) is 0 Å². The highest BCUT2D eigenvalue weighted by atomic mass is 16.3. The monoisotopic (exact) mass is 202 g/mol. The van der Waals surface area contributed by atoms with Gasteiger partial charge < -0.3 is 10.2 Å². The standard InChI is InChI=1S/C13H14O2/c1-13(2,15)11-7-8-12(14)10-6-4-3-5-9(10)11/h3-8,14-15H,1-2H3. The predicted octanol–water partition coefficient (Wildman–Crippen LogP) is 2.77. The Hall–Kier alpha value is -1.54. The number of hydrogen-bond acceptors (Lipinski definition) is 2. The lowest BCUT2D eigenvalue weighted by atomic mass is 9.92. The molecule has 0 atom stereocenters. The molecule has 0 unspecified atom stereocenters. The zero-order valence-electron chi connectivity index (χ0n) is 8.86. The molecule has 78 valence electrons. The van der Waals surface area contributed by atoms with Gasteiger partial charge in [-0.15, -0.1) is 0 Å². The van der Waals surface area contributed by atoms with Crippen molar-refractivity contribution in [1.29, 1.82) is 0 Å². The van der Waals surface area contributed by atoms with Crippen LogP contribution in [0.5, 0.6) is 5.75 Å². The molecule has 0 amide bonds. The van der Waals surface area contributed by atoms with Gasteiger partial charge >= 0.3 is 0 Å². The van der Waals surface area contributed by atoms with Crippen LogP contribution in [0.15, 0.2) is 36.4 Å². The minimum absolute atomic E-state index is 0.249. The highest BCUT2D eigenvalue weighted by molar-refractivity contribution is 5.91. The second-order valence-electron chi connectivity index (χ2n) is 4.24. The van der Waals surface area contributed by atoms with E-state index in [-0.39, 0.29) is 5.75 Å². The maximum Gasteiger partial charge on any atom is 0.123 e. The zero-order chi connectivity index (χ0) is 11.1. The van der Waals surface area contributed by atoms with Gasteiger partial charge in [-0.3, -0.25) is 0 Å². The van der Waals surface area contributed by atoms with Crippen LogP contribution in [0, 0.1) is 0 Å². The molecular formula is C13H14O2. The summed E-state index contributed by atoms with van der Waals surface area (Å²) in [4.78, 5) is 0. The van der Waals surface area contributed by atoms with E-state index in [1.165, 1.54) is 0 Å². The van der Waals surface area contributed by atoms with Crippen molar-refractivity contribution in [2.45, 2.75) is 19.4 Å². The minimum atomic E-state index is -0.896. The van der Waals surface area contributed by atoms with E-state index in [0.717, 1.165) is 16.3 Å². The molecule has 0 heterocycles. The SMILES string of the molecule is CC(C)(O)c1ccc(O)c2ccccc12. The summed E-state index contributed by atoms with van der Waals surface area (Å²) in [5.74, 6) is 0.249. The molecule has 2 aromatic carbocycles. The summed E-state index contributed by atoms with van der Waals surface area (Å²) in [6.07, 6.45) is 0. The van der Waals surface area contributed by atoms with Crippen LogP contribution in [-0.2, 0) is 5.60 Å². The Morgan fingerprint density at radius 1 is 0.933 bits per heavy atom. The quantitative estimate of drug-likeness (QED) is 0.746. The summed E-state index contributed by atoms with van der Waals surface area (Å²) in [5.41, 5.74) is -0.0660. The fourth-order valence-corrected chi connectivity index (χ4v) is 1.82. The van der Waals surface area contributed by atoms with Gasteiger partial charge in [0.15, 0.2) is 0 Å². The van der Waals surface area contributed by atoms with Crippen LogP contribution in [0.4, 0.5) is 0 Å². The summed E-state index contributed by atoms with van der Waals surface area (Å²) in [5, 5.41) is 21.3. The lowest BCUT2D eigenvalue weighted by Gasteiger charge is -2.20. The predicted molar refractivity (Wildman–Crippen MR) is 60.9 cm³/mol. The maximum atomic E-state index is 10.00. The summed E-state index contributed by atoms with van der Waals surface area (Å²) in [6, 6.07) is 10.9. The van der Waals surface area contributed by atoms with Gasteiger partial charge in [0.1, 0.15) is 5.75 Å². The summed E-state index contributed by atoms with van der Waals surface area (Å²) in [6.45, 7) is 3.48. The van der Waals surface area contributed by atoms with E-state index in [0.29, 0.717) is 0 Å². The topological polar surface area (TPSA) is 40.5 Å². The summed E-state index contributed by atoms with van der Waals surface area (Å²) >= 11 is 0. The zero-order valence-corrected chi connectivity index (χ0v) is 8.86. The third-order valence-corrected chi connectivity index (χ3v) is 2.56. The van der Waals surface area contributed by atoms with Crippen LogP contribution in [-0.4, -0.2) is 10.2 Å². The highest BCUT2D eigenvalue weighted by Crippen LogP contribution is 2.32. The Kier molecular flexibility index (Phi) is 2.16. The second kappa shape index (κ2) is 3.24. The van der Waals surface area contributed by atoms with Gasteiger partial charge in [-0.05, 0) is 30.9 Å². The average Bonchev–Trinajstić information content (AvgIpc) is 2.17. The van der Waals surface area contributed by atoms with Gasteiger partial charge in [0.05, 0.1) is 5.60 Å². The first-order chi connectivity index (χ1) is 7.00. The average molecular weight is 202 g/mol. The number of phenols is 1. The van der Waals surface area contributed by atoms with Crippen molar-refractivity contribution in [3.05, 3.63) is 42.0 Å². The Bertz CT molecular complexity index is 495. The van der Waals surface area contributed by atoms with Gasteiger partial charge in [0, 0.05) is 5.39 Å². The number of rotatable bonds is 1.